The molecule has 164 valence electrons. The molecule has 0 spiro atoms. The van der Waals surface area contributed by atoms with Gasteiger partial charge >= 0.3 is 6.18 Å². The van der Waals surface area contributed by atoms with E-state index in [9.17, 15) is 17.6 Å². The zero-order valence-corrected chi connectivity index (χ0v) is 17.1. The summed E-state index contributed by atoms with van der Waals surface area (Å²) in [7, 11) is 0. The van der Waals surface area contributed by atoms with E-state index in [0.29, 0.717) is 16.4 Å². The van der Waals surface area contributed by atoms with E-state index in [1.54, 1.807) is 18.2 Å². The number of hydrogen-bond acceptors (Lipinski definition) is 7. The second-order valence-electron chi connectivity index (χ2n) is 6.53. The van der Waals surface area contributed by atoms with Crippen molar-refractivity contribution in [1.82, 2.24) is 20.1 Å². The number of benzene rings is 2. The van der Waals surface area contributed by atoms with Crippen molar-refractivity contribution >= 4 is 17.6 Å². The highest BCUT2D eigenvalue weighted by atomic mass is 32.2. The SMILES string of the molecule is Fc1ccccc1CNc1nccnc1SCc1nc(-c2cccc(C(F)(F)F)c2)no1. The van der Waals surface area contributed by atoms with Crippen molar-refractivity contribution in [3.05, 3.63) is 83.8 Å². The third-order valence-electron chi connectivity index (χ3n) is 4.32. The van der Waals surface area contributed by atoms with E-state index in [4.69, 9.17) is 4.52 Å². The van der Waals surface area contributed by atoms with Gasteiger partial charge in [-0.25, -0.2) is 14.4 Å². The Morgan fingerprint density at radius 3 is 2.62 bits per heavy atom. The number of rotatable bonds is 7. The Morgan fingerprint density at radius 2 is 1.81 bits per heavy atom. The Bertz CT molecular complexity index is 1210. The molecule has 2 aromatic carbocycles. The van der Waals surface area contributed by atoms with Gasteiger partial charge in [0.1, 0.15) is 10.8 Å². The van der Waals surface area contributed by atoms with Crippen molar-refractivity contribution in [2.45, 2.75) is 23.5 Å². The van der Waals surface area contributed by atoms with Crippen molar-refractivity contribution in [1.29, 1.82) is 0 Å². The molecule has 4 rings (SSSR count). The molecule has 4 aromatic rings. The summed E-state index contributed by atoms with van der Waals surface area (Å²) in [5.74, 6) is 0.625. The van der Waals surface area contributed by atoms with Crippen LogP contribution in [-0.2, 0) is 18.5 Å². The first-order valence-electron chi connectivity index (χ1n) is 9.31. The Morgan fingerprint density at radius 1 is 1.00 bits per heavy atom. The molecule has 0 amide bonds. The Labute approximate surface area is 184 Å². The fraction of sp³-hybridized carbons (Fsp3) is 0.143. The number of alkyl halides is 3. The predicted octanol–water partition coefficient (Wildman–Crippen LogP) is 5.59. The summed E-state index contributed by atoms with van der Waals surface area (Å²) < 4.78 is 57.8. The quantitative estimate of drug-likeness (QED) is 0.284. The first-order valence-corrected chi connectivity index (χ1v) is 10.3. The van der Waals surface area contributed by atoms with Crippen LogP contribution in [-0.4, -0.2) is 20.1 Å². The lowest BCUT2D eigenvalue weighted by Gasteiger charge is -2.09. The van der Waals surface area contributed by atoms with Crippen molar-refractivity contribution < 1.29 is 22.1 Å². The largest absolute Gasteiger partial charge is 0.416 e. The van der Waals surface area contributed by atoms with Crippen molar-refractivity contribution in [3.8, 4) is 11.4 Å². The fourth-order valence-electron chi connectivity index (χ4n) is 2.77. The van der Waals surface area contributed by atoms with Gasteiger partial charge in [0.15, 0.2) is 5.82 Å². The number of anilines is 1. The van der Waals surface area contributed by atoms with E-state index >= 15 is 0 Å². The van der Waals surface area contributed by atoms with Gasteiger partial charge in [-0.3, -0.25) is 0 Å². The number of nitrogens with one attached hydrogen (secondary N) is 1. The molecule has 0 atom stereocenters. The summed E-state index contributed by atoms with van der Waals surface area (Å²) in [5, 5.41) is 7.35. The molecule has 0 unspecified atom stereocenters. The average molecular weight is 461 g/mol. The number of hydrogen-bond donors (Lipinski definition) is 1. The molecule has 0 fully saturated rings. The van der Waals surface area contributed by atoms with Gasteiger partial charge in [0.05, 0.1) is 11.3 Å². The van der Waals surface area contributed by atoms with E-state index in [1.807, 2.05) is 0 Å². The minimum atomic E-state index is -4.46. The molecule has 1 N–H and O–H groups in total. The summed E-state index contributed by atoms with van der Waals surface area (Å²) in [5.41, 5.74) is -0.107. The van der Waals surface area contributed by atoms with Gasteiger partial charge in [-0.15, -0.1) is 0 Å². The van der Waals surface area contributed by atoms with E-state index in [1.165, 1.54) is 42.4 Å². The number of aromatic nitrogens is 4. The maximum atomic E-state index is 13.8. The standard InChI is InChI=1S/C21H15F4N5OS/c22-16-7-2-1-4-14(16)11-28-19-20(27-9-8-26-19)32-12-17-29-18(30-31-17)13-5-3-6-15(10-13)21(23,24)25/h1-10H,11-12H2,(H,26,28). The van der Waals surface area contributed by atoms with Crippen LogP contribution in [0.1, 0.15) is 17.0 Å². The molecule has 0 saturated heterocycles. The average Bonchev–Trinajstić information content (AvgIpc) is 3.26. The molecule has 0 aliphatic rings. The molecule has 11 heteroatoms. The first kappa shape index (κ1) is 21.8. The minimum absolute atomic E-state index is 0.0590. The van der Waals surface area contributed by atoms with Crippen molar-refractivity contribution in [2.75, 3.05) is 5.32 Å². The van der Waals surface area contributed by atoms with Crippen LogP contribution in [0, 0.1) is 5.82 Å². The maximum Gasteiger partial charge on any atom is 0.416 e. The summed E-state index contributed by atoms with van der Waals surface area (Å²) >= 11 is 1.25. The number of nitrogens with zero attached hydrogens (tertiary/aromatic N) is 4. The maximum absolute atomic E-state index is 13.8. The topological polar surface area (TPSA) is 76.7 Å². The lowest BCUT2D eigenvalue weighted by atomic mass is 10.1. The zero-order chi connectivity index (χ0) is 22.6. The summed E-state index contributed by atoms with van der Waals surface area (Å²) in [6, 6.07) is 11.1. The monoisotopic (exact) mass is 461 g/mol. The zero-order valence-electron chi connectivity index (χ0n) is 16.3. The first-order chi connectivity index (χ1) is 15.4. The van der Waals surface area contributed by atoms with Crippen LogP contribution in [0.2, 0.25) is 0 Å². The minimum Gasteiger partial charge on any atom is -0.364 e. The fourth-order valence-corrected chi connectivity index (χ4v) is 3.54. The highest BCUT2D eigenvalue weighted by Gasteiger charge is 2.30. The molecule has 6 nitrogen and oxygen atoms in total. The van der Waals surface area contributed by atoms with E-state index < -0.39 is 11.7 Å². The van der Waals surface area contributed by atoms with Gasteiger partial charge in [-0.05, 0) is 18.2 Å². The van der Waals surface area contributed by atoms with Crippen molar-refractivity contribution in [2.24, 2.45) is 0 Å². The Balaban J connectivity index is 1.43. The van der Waals surface area contributed by atoms with Crippen LogP contribution in [0.4, 0.5) is 23.4 Å². The van der Waals surface area contributed by atoms with Crippen LogP contribution in [0.5, 0.6) is 0 Å². The van der Waals surface area contributed by atoms with Crippen LogP contribution < -0.4 is 5.32 Å². The lowest BCUT2D eigenvalue weighted by Crippen LogP contribution is -2.05. The van der Waals surface area contributed by atoms with E-state index in [-0.39, 0.29) is 35.4 Å². The van der Waals surface area contributed by atoms with Crippen LogP contribution >= 0.6 is 11.8 Å². The van der Waals surface area contributed by atoms with Crippen molar-refractivity contribution in [3.63, 3.8) is 0 Å². The van der Waals surface area contributed by atoms with Crippen LogP contribution in [0.3, 0.4) is 0 Å². The Hall–Kier alpha value is -3.47. The highest BCUT2D eigenvalue weighted by molar-refractivity contribution is 7.98. The lowest BCUT2D eigenvalue weighted by molar-refractivity contribution is -0.137. The third-order valence-corrected chi connectivity index (χ3v) is 5.28. The second kappa shape index (κ2) is 9.35. The third kappa shape index (κ3) is 5.22. The molecular formula is C21H15F4N5OS. The number of halogens is 4. The second-order valence-corrected chi connectivity index (χ2v) is 7.50. The Kier molecular flexibility index (Phi) is 6.35. The van der Waals surface area contributed by atoms with Gasteiger partial charge in [-0.2, -0.15) is 18.2 Å². The molecule has 32 heavy (non-hydrogen) atoms. The molecule has 0 aliphatic heterocycles. The van der Waals surface area contributed by atoms with E-state index in [0.717, 1.165) is 12.1 Å². The van der Waals surface area contributed by atoms with Gasteiger partial charge in [0.2, 0.25) is 11.7 Å². The molecular weight excluding hydrogens is 446 g/mol. The van der Waals surface area contributed by atoms with Crippen LogP contribution in [0.25, 0.3) is 11.4 Å². The molecule has 2 aromatic heterocycles. The number of thioether (sulfide) groups is 1. The summed E-state index contributed by atoms with van der Waals surface area (Å²) in [6.07, 6.45) is -1.44. The molecule has 0 saturated carbocycles. The summed E-state index contributed by atoms with van der Waals surface area (Å²) in [4.78, 5) is 12.7. The van der Waals surface area contributed by atoms with Gasteiger partial charge in [0.25, 0.3) is 0 Å². The summed E-state index contributed by atoms with van der Waals surface area (Å²) in [6.45, 7) is 0.221. The molecule has 0 bridgehead atoms. The smallest absolute Gasteiger partial charge is 0.364 e. The highest BCUT2D eigenvalue weighted by Crippen LogP contribution is 2.32. The van der Waals surface area contributed by atoms with Crippen LogP contribution in [0.15, 0.2) is 70.5 Å². The van der Waals surface area contributed by atoms with Gasteiger partial charge in [-0.1, -0.05) is 47.3 Å². The van der Waals surface area contributed by atoms with E-state index in [2.05, 4.69) is 25.4 Å². The predicted molar refractivity (Wildman–Crippen MR) is 110 cm³/mol. The van der Waals surface area contributed by atoms with Gasteiger partial charge < -0.3 is 9.84 Å². The molecule has 0 radical (unpaired) electrons. The molecule has 2 heterocycles. The van der Waals surface area contributed by atoms with Gasteiger partial charge in [0, 0.05) is 30.1 Å². The normalized spacial score (nSPS) is 11.5. The molecule has 0 aliphatic carbocycles.